The molecule has 7 nitrogen and oxygen atoms in total. The van der Waals surface area contributed by atoms with Gasteiger partial charge in [0, 0.05) is 10.9 Å². The molecule has 3 aromatic carbocycles. The number of benzene rings is 3. The number of aromatic nitrogens is 1. The number of carbonyl (C=O) groups is 2. The van der Waals surface area contributed by atoms with Gasteiger partial charge in [-0.25, -0.2) is 9.78 Å². The van der Waals surface area contributed by atoms with E-state index in [1.165, 1.54) is 0 Å². The molecule has 0 aliphatic carbocycles. The minimum absolute atomic E-state index is 0.278. The van der Waals surface area contributed by atoms with Crippen molar-refractivity contribution in [2.75, 3.05) is 11.9 Å². The molecule has 1 atom stereocenters. The van der Waals surface area contributed by atoms with Crippen LogP contribution in [-0.2, 0) is 9.53 Å². The maximum Gasteiger partial charge on any atom is 0.340 e. The standard InChI is InChI=1S/C30H24N2O5/c1-2-35-26-16-9-8-15-24(26)32-29(33)28(20-11-4-3-5-12-20)37-30(34)22-19-25(27-17-10-18-36-27)31-23-14-7-6-13-21(22)23/h3-19,28H,2H2,1H3,(H,32,33). The van der Waals surface area contributed by atoms with Gasteiger partial charge in [0.05, 0.1) is 29.6 Å². The van der Waals surface area contributed by atoms with Crippen LogP contribution in [0.4, 0.5) is 5.69 Å². The van der Waals surface area contributed by atoms with E-state index < -0.39 is 18.0 Å². The first-order valence-corrected chi connectivity index (χ1v) is 11.9. The first kappa shape index (κ1) is 23.8. The number of hydrogen-bond donors (Lipinski definition) is 1. The van der Waals surface area contributed by atoms with Crippen molar-refractivity contribution < 1.29 is 23.5 Å². The lowest BCUT2D eigenvalue weighted by Gasteiger charge is -2.20. The molecule has 1 N–H and O–H groups in total. The molecule has 2 heterocycles. The van der Waals surface area contributed by atoms with Crippen molar-refractivity contribution in [1.82, 2.24) is 4.98 Å². The van der Waals surface area contributed by atoms with Crippen molar-refractivity contribution in [1.29, 1.82) is 0 Å². The summed E-state index contributed by atoms with van der Waals surface area (Å²) in [7, 11) is 0. The number of hydrogen-bond acceptors (Lipinski definition) is 6. The van der Waals surface area contributed by atoms with Crippen LogP contribution in [-0.4, -0.2) is 23.5 Å². The Morgan fingerprint density at radius 2 is 1.68 bits per heavy atom. The molecule has 5 aromatic rings. The van der Waals surface area contributed by atoms with Gasteiger partial charge in [-0.15, -0.1) is 0 Å². The molecule has 0 spiro atoms. The van der Waals surface area contributed by atoms with Crippen LogP contribution in [0.2, 0.25) is 0 Å². The monoisotopic (exact) mass is 492 g/mol. The molecule has 7 heteroatoms. The van der Waals surface area contributed by atoms with Gasteiger partial charge in [0.15, 0.2) is 5.76 Å². The number of carbonyl (C=O) groups excluding carboxylic acids is 2. The lowest BCUT2D eigenvalue weighted by molar-refractivity contribution is -0.125. The van der Waals surface area contributed by atoms with E-state index in [1.54, 1.807) is 73.0 Å². The van der Waals surface area contributed by atoms with E-state index in [1.807, 2.05) is 37.3 Å². The molecule has 0 fully saturated rings. The maximum atomic E-state index is 13.6. The van der Waals surface area contributed by atoms with Crippen LogP contribution in [0, 0.1) is 0 Å². The van der Waals surface area contributed by atoms with Gasteiger partial charge in [0.1, 0.15) is 11.4 Å². The highest BCUT2D eigenvalue weighted by Gasteiger charge is 2.28. The number of nitrogens with one attached hydrogen (secondary N) is 1. The zero-order chi connectivity index (χ0) is 25.6. The second kappa shape index (κ2) is 10.8. The molecule has 0 saturated heterocycles. The van der Waals surface area contributed by atoms with E-state index in [2.05, 4.69) is 10.3 Å². The van der Waals surface area contributed by atoms with Gasteiger partial charge in [-0.1, -0.05) is 60.7 Å². The first-order chi connectivity index (χ1) is 18.1. The van der Waals surface area contributed by atoms with Crippen LogP contribution in [0.1, 0.15) is 28.9 Å². The van der Waals surface area contributed by atoms with E-state index in [9.17, 15) is 9.59 Å². The Hall–Kier alpha value is -4.91. The molecule has 0 radical (unpaired) electrons. The Labute approximate surface area is 213 Å². The van der Waals surface area contributed by atoms with E-state index >= 15 is 0 Å². The number of nitrogens with zero attached hydrogens (tertiary/aromatic N) is 1. The molecule has 0 aliphatic rings. The summed E-state index contributed by atoms with van der Waals surface area (Å²) in [6, 6.07) is 28.4. The summed E-state index contributed by atoms with van der Waals surface area (Å²) < 4.78 is 17.0. The number of fused-ring (bicyclic) bond motifs is 1. The summed E-state index contributed by atoms with van der Waals surface area (Å²) in [5, 5.41) is 3.46. The average molecular weight is 493 g/mol. The van der Waals surface area contributed by atoms with Crippen molar-refractivity contribution >= 4 is 28.5 Å². The average Bonchev–Trinajstić information content (AvgIpc) is 3.48. The molecule has 1 amide bonds. The highest BCUT2D eigenvalue weighted by molar-refractivity contribution is 6.06. The maximum absolute atomic E-state index is 13.6. The summed E-state index contributed by atoms with van der Waals surface area (Å²) in [5.74, 6) is -0.116. The third kappa shape index (κ3) is 5.21. The molecule has 184 valence electrons. The van der Waals surface area contributed by atoms with Crippen molar-refractivity contribution in [3.8, 4) is 17.2 Å². The van der Waals surface area contributed by atoms with Crippen LogP contribution in [0.3, 0.4) is 0 Å². The second-order valence-corrected chi connectivity index (χ2v) is 8.16. The molecule has 37 heavy (non-hydrogen) atoms. The number of rotatable bonds is 8. The molecule has 5 rings (SSSR count). The number of ether oxygens (including phenoxy) is 2. The van der Waals surface area contributed by atoms with Crippen molar-refractivity contribution in [2.24, 2.45) is 0 Å². The zero-order valence-electron chi connectivity index (χ0n) is 20.1. The van der Waals surface area contributed by atoms with Gasteiger partial charge in [0.25, 0.3) is 5.91 Å². The molecular formula is C30H24N2O5. The Balaban J connectivity index is 1.50. The number of pyridine rings is 1. The van der Waals surface area contributed by atoms with Crippen molar-refractivity contribution in [2.45, 2.75) is 13.0 Å². The predicted molar refractivity (Wildman–Crippen MR) is 140 cm³/mol. The number of amides is 1. The largest absolute Gasteiger partial charge is 0.492 e. The first-order valence-electron chi connectivity index (χ1n) is 11.9. The number of anilines is 1. The summed E-state index contributed by atoms with van der Waals surface area (Å²) in [5.41, 5.74) is 2.39. The fourth-order valence-electron chi connectivity index (χ4n) is 4.02. The third-order valence-corrected chi connectivity index (χ3v) is 5.72. The predicted octanol–water partition coefficient (Wildman–Crippen LogP) is 6.43. The second-order valence-electron chi connectivity index (χ2n) is 8.16. The Morgan fingerprint density at radius 1 is 0.919 bits per heavy atom. The van der Waals surface area contributed by atoms with Crippen LogP contribution in [0.15, 0.2) is 108 Å². The van der Waals surface area contributed by atoms with Crippen LogP contribution >= 0.6 is 0 Å². The number of para-hydroxylation sites is 3. The van der Waals surface area contributed by atoms with Gasteiger partial charge < -0.3 is 19.2 Å². The van der Waals surface area contributed by atoms with Gasteiger partial charge in [0.2, 0.25) is 6.10 Å². The van der Waals surface area contributed by atoms with Gasteiger partial charge in [-0.3, -0.25) is 4.79 Å². The lowest BCUT2D eigenvalue weighted by atomic mass is 10.1. The third-order valence-electron chi connectivity index (χ3n) is 5.72. The quantitative estimate of drug-likeness (QED) is 0.251. The summed E-state index contributed by atoms with van der Waals surface area (Å²) in [6.07, 6.45) is 0.336. The van der Waals surface area contributed by atoms with Crippen molar-refractivity contribution in [3.63, 3.8) is 0 Å². The van der Waals surface area contributed by atoms with E-state index in [0.717, 1.165) is 0 Å². The minimum atomic E-state index is -1.21. The number of furan rings is 1. The molecule has 2 aromatic heterocycles. The highest BCUT2D eigenvalue weighted by Crippen LogP contribution is 2.30. The highest BCUT2D eigenvalue weighted by atomic mass is 16.5. The summed E-state index contributed by atoms with van der Waals surface area (Å²) >= 11 is 0. The van der Waals surface area contributed by atoms with E-state index in [-0.39, 0.29) is 5.56 Å². The SMILES string of the molecule is CCOc1ccccc1NC(=O)C(OC(=O)c1cc(-c2ccco2)nc2ccccc12)c1ccccc1. The van der Waals surface area contributed by atoms with Crippen LogP contribution in [0.25, 0.3) is 22.4 Å². The molecule has 0 bridgehead atoms. The van der Waals surface area contributed by atoms with Gasteiger partial charge in [-0.2, -0.15) is 0 Å². The fraction of sp³-hybridized carbons (Fsp3) is 0.100. The number of esters is 1. The molecule has 0 aliphatic heterocycles. The van der Waals surface area contributed by atoms with Crippen LogP contribution in [0.5, 0.6) is 5.75 Å². The fourth-order valence-corrected chi connectivity index (χ4v) is 4.02. The zero-order valence-corrected chi connectivity index (χ0v) is 20.1. The minimum Gasteiger partial charge on any atom is -0.492 e. The molecule has 0 saturated carbocycles. The Bertz CT molecular complexity index is 1530. The van der Waals surface area contributed by atoms with Crippen molar-refractivity contribution in [3.05, 3.63) is 114 Å². The Morgan fingerprint density at radius 3 is 2.46 bits per heavy atom. The topological polar surface area (TPSA) is 90.7 Å². The Kier molecular flexibility index (Phi) is 6.94. The molecular weight excluding hydrogens is 468 g/mol. The van der Waals surface area contributed by atoms with E-state index in [4.69, 9.17) is 13.9 Å². The summed E-state index contributed by atoms with van der Waals surface area (Å²) in [6.45, 7) is 2.31. The van der Waals surface area contributed by atoms with E-state index in [0.29, 0.717) is 46.0 Å². The summed E-state index contributed by atoms with van der Waals surface area (Å²) in [4.78, 5) is 31.7. The molecule has 1 unspecified atom stereocenters. The lowest BCUT2D eigenvalue weighted by Crippen LogP contribution is -2.26. The van der Waals surface area contributed by atoms with Crippen LogP contribution < -0.4 is 10.1 Å². The van der Waals surface area contributed by atoms with Gasteiger partial charge in [-0.05, 0) is 43.3 Å². The normalized spacial score (nSPS) is 11.6. The van der Waals surface area contributed by atoms with Gasteiger partial charge >= 0.3 is 5.97 Å². The smallest absolute Gasteiger partial charge is 0.340 e.